The molecule has 2 aromatic rings. The van der Waals surface area contributed by atoms with E-state index in [0.29, 0.717) is 19.6 Å². The van der Waals surface area contributed by atoms with Crippen LogP contribution in [0.2, 0.25) is 0 Å². The summed E-state index contributed by atoms with van der Waals surface area (Å²) >= 11 is 0. The van der Waals surface area contributed by atoms with Crippen molar-refractivity contribution < 1.29 is 27.9 Å². The van der Waals surface area contributed by atoms with Gasteiger partial charge >= 0.3 is 5.97 Å². The van der Waals surface area contributed by atoms with Crippen LogP contribution in [0.1, 0.15) is 33.2 Å². The molecule has 1 aromatic carbocycles. The van der Waals surface area contributed by atoms with Gasteiger partial charge in [-0.05, 0) is 18.6 Å². The summed E-state index contributed by atoms with van der Waals surface area (Å²) in [5, 5.41) is 0. The number of carbonyl (C=O) groups is 2. The number of halogens is 1. The Hall–Kier alpha value is -2.74. The lowest BCUT2D eigenvalue weighted by molar-refractivity contribution is 0.0594. The first-order chi connectivity index (χ1) is 12.1. The Labute approximate surface area is 144 Å². The predicted octanol–water partition coefficient (Wildman–Crippen LogP) is 2.28. The summed E-state index contributed by atoms with van der Waals surface area (Å²) in [7, 11) is 2.79. The summed E-state index contributed by atoms with van der Waals surface area (Å²) in [5.74, 6) is -1.58. The van der Waals surface area contributed by atoms with Crippen LogP contribution in [0.15, 0.2) is 34.9 Å². The van der Waals surface area contributed by atoms with Crippen molar-refractivity contribution in [3.63, 3.8) is 0 Å². The average Bonchev–Trinajstić information content (AvgIpc) is 3.09. The Morgan fingerprint density at radius 3 is 2.72 bits per heavy atom. The van der Waals surface area contributed by atoms with Crippen LogP contribution < -0.4 is 0 Å². The third-order valence-corrected chi connectivity index (χ3v) is 3.44. The van der Waals surface area contributed by atoms with Gasteiger partial charge in [-0.15, -0.1) is 0 Å². The molecule has 0 radical (unpaired) electrons. The van der Waals surface area contributed by atoms with Gasteiger partial charge in [0, 0.05) is 20.3 Å². The number of amides is 1. The minimum atomic E-state index is -0.638. The number of esters is 1. The largest absolute Gasteiger partial charge is 0.464 e. The molecule has 8 heteroatoms. The third kappa shape index (κ3) is 4.87. The second kappa shape index (κ2) is 8.93. The second-order valence-corrected chi connectivity index (χ2v) is 5.17. The highest BCUT2D eigenvalue weighted by Gasteiger charge is 2.22. The highest BCUT2D eigenvalue weighted by atomic mass is 19.1. The Balaban J connectivity index is 2.17. The number of rotatable bonds is 8. The molecule has 0 bridgehead atoms. The molecular formula is C17H19FN2O5. The first-order valence-corrected chi connectivity index (χ1v) is 7.62. The lowest BCUT2D eigenvalue weighted by Gasteiger charge is -2.21. The van der Waals surface area contributed by atoms with Crippen LogP contribution in [0.3, 0.4) is 0 Å². The van der Waals surface area contributed by atoms with E-state index >= 15 is 0 Å². The molecule has 0 aliphatic rings. The van der Waals surface area contributed by atoms with Gasteiger partial charge < -0.3 is 18.8 Å². The van der Waals surface area contributed by atoms with Crippen LogP contribution in [-0.2, 0) is 16.0 Å². The van der Waals surface area contributed by atoms with Crippen LogP contribution >= 0.6 is 0 Å². The zero-order valence-corrected chi connectivity index (χ0v) is 14.0. The number of hydrogen-bond donors (Lipinski definition) is 0. The Morgan fingerprint density at radius 2 is 2.04 bits per heavy atom. The van der Waals surface area contributed by atoms with E-state index in [1.807, 2.05) is 0 Å². The molecule has 2 rings (SSSR count). The maximum Gasteiger partial charge on any atom is 0.360 e. The summed E-state index contributed by atoms with van der Waals surface area (Å²) in [6.45, 7) is 0.755. The molecule has 25 heavy (non-hydrogen) atoms. The number of aromatic nitrogens is 1. The summed E-state index contributed by atoms with van der Waals surface area (Å²) in [5.41, 5.74) is -0.0349. The summed E-state index contributed by atoms with van der Waals surface area (Å²) in [6.07, 6.45) is 1.71. The number of benzene rings is 1. The summed E-state index contributed by atoms with van der Waals surface area (Å²) < 4.78 is 28.7. The van der Waals surface area contributed by atoms with Crippen molar-refractivity contribution in [3.8, 4) is 0 Å². The van der Waals surface area contributed by atoms with E-state index in [1.165, 1.54) is 30.2 Å². The number of ether oxygens (including phenoxy) is 2. The Morgan fingerprint density at radius 1 is 1.28 bits per heavy atom. The van der Waals surface area contributed by atoms with Crippen molar-refractivity contribution in [2.24, 2.45) is 0 Å². The van der Waals surface area contributed by atoms with Gasteiger partial charge in [0.1, 0.15) is 12.1 Å². The quantitative estimate of drug-likeness (QED) is 0.537. The summed E-state index contributed by atoms with van der Waals surface area (Å²) in [6, 6.07) is 5.74. The molecule has 7 nitrogen and oxygen atoms in total. The van der Waals surface area contributed by atoms with Gasteiger partial charge in [0.2, 0.25) is 5.89 Å². The zero-order chi connectivity index (χ0) is 18.2. The average molecular weight is 350 g/mol. The molecule has 1 amide bonds. The molecule has 0 N–H and O–H groups in total. The van der Waals surface area contributed by atoms with Crippen molar-refractivity contribution in [2.45, 2.75) is 13.0 Å². The molecule has 1 aromatic heterocycles. The third-order valence-electron chi connectivity index (χ3n) is 3.44. The second-order valence-electron chi connectivity index (χ2n) is 5.17. The number of methoxy groups -OCH3 is 2. The normalized spacial score (nSPS) is 10.5. The fraction of sp³-hybridized carbons (Fsp3) is 0.353. The molecule has 0 unspecified atom stereocenters. The number of oxazole rings is 1. The van der Waals surface area contributed by atoms with Gasteiger partial charge in [-0.1, -0.05) is 12.1 Å². The van der Waals surface area contributed by atoms with Crippen LogP contribution in [0, 0.1) is 5.82 Å². The maximum absolute atomic E-state index is 13.9. The van der Waals surface area contributed by atoms with Crippen molar-refractivity contribution in [2.75, 3.05) is 27.4 Å². The van der Waals surface area contributed by atoms with Crippen LogP contribution in [0.25, 0.3) is 0 Å². The molecule has 0 saturated heterocycles. The molecule has 0 atom stereocenters. The van der Waals surface area contributed by atoms with Gasteiger partial charge in [0.05, 0.1) is 19.2 Å². The van der Waals surface area contributed by atoms with E-state index in [2.05, 4.69) is 9.72 Å². The minimum absolute atomic E-state index is 0.00608. The van der Waals surface area contributed by atoms with Crippen LogP contribution in [-0.4, -0.2) is 49.1 Å². The Kier molecular flexibility index (Phi) is 6.64. The SMILES string of the molecule is COCCCN(Cc1nc(C(=O)OC)co1)C(=O)c1ccccc1F. The zero-order valence-electron chi connectivity index (χ0n) is 14.0. The van der Waals surface area contributed by atoms with Crippen molar-refractivity contribution in [3.05, 3.63) is 53.5 Å². The van der Waals surface area contributed by atoms with E-state index < -0.39 is 17.7 Å². The molecule has 0 aliphatic carbocycles. The molecule has 0 fully saturated rings. The van der Waals surface area contributed by atoms with Gasteiger partial charge in [-0.2, -0.15) is 0 Å². The van der Waals surface area contributed by atoms with Crippen molar-refractivity contribution in [1.29, 1.82) is 0 Å². The number of nitrogens with zero attached hydrogens (tertiary/aromatic N) is 2. The molecule has 134 valence electrons. The van der Waals surface area contributed by atoms with E-state index in [1.54, 1.807) is 13.2 Å². The van der Waals surface area contributed by atoms with Gasteiger partial charge in [0.15, 0.2) is 5.69 Å². The summed E-state index contributed by atoms with van der Waals surface area (Å²) in [4.78, 5) is 29.5. The van der Waals surface area contributed by atoms with E-state index in [0.717, 1.165) is 6.26 Å². The van der Waals surface area contributed by atoms with Crippen molar-refractivity contribution >= 4 is 11.9 Å². The van der Waals surface area contributed by atoms with E-state index in [4.69, 9.17) is 9.15 Å². The molecule has 0 saturated carbocycles. The first-order valence-electron chi connectivity index (χ1n) is 7.62. The first kappa shape index (κ1) is 18.6. The van der Waals surface area contributed by atoms with Gasteiger partial charge in [-0.25, -0.2) is 14.2 Å². The maximum atomic E-state index is 13.9. The molecule has 0 spiro atoms. The van der Waals surface area contributed by atoms with Gasteiger partial charge in [0.25, 0.3) is 5.91 Å². The number of hydrogen-bond acceptors (Lipinski definition) is 6. The predicted molar refractivity (Wildman–Crippen MR) is 85.5 cm³/mol. The smallest absolute Gasteiger partial charge is 0.360 e. The minimum Gasteiger partial charge on any atom is -0.464 e. The van der Waals surface area contributed by atoms with Crippen LogP contribution in [0.5, 0.6) is 0 Å². The number of carbonyl (C=O) groups excluding carboxylic acids is 2. The fourth-order valence-corrected chi connectivity index (χ4v) is 2.20. The molecule has 1 heterocycles. The van der Waals surface area contributed by atoms with Gasteiger partial charge in [-0.3, -0.25) is 4.79 Å². The van der Waals surface area contributed by atoms with E-state index in [-0.39, 0.29) is 23.7 Å². The standard InChI is InChI=1S/C17H19FN2O5/c1-23-9-5-8-20(16(21)12-6-3-4-7-13(12)18)10-15-19-14(11-25-15)17(22)24-2/h3-4,6-7,11H,5,8-10H2,1-2H3. The topological polar surface area (TPSA) is 81.9 Å². The highest BCUT2D eigenvalue weighted by molar-refractivity contribution is 5.94. The molecule has 0 aliphatic heterocycles. The van der Waals surface area contributed by atoms with Crippen LogP contribution in [0.4, 0.5) is 4.39 Å². The lowest BCUT2D eigenvalue weighted by atomic mass is 10.2. The fourth-order valence-electron chi connectivity index (χ4n) is 2.20. The highest BCUT2D eigenvalue weighted by Crippen LogP contribution is 2.14. The van der Waals surface area contributed by atoms with Crippen molar-refractivity contribution in [1.82, 2.24) is 9.88 Å². The lowest BCUT2D eigenvalue weighted by Crippen LogP contribution is -2.32. The Bertz CT molecular complexity index is 731. The van der Waals surface area contributed by atoms with E-state index in [9.17, 15) is 14.0 Å². The monoisotopic (exact) mass is 350 g/mol. The molecular weight excluding hydrogens is 331 g/mol.